The summed E-state index contributed by atoms with van der Waals surface area (Å²) < 4.78 is 15.2. The highest BCUT2D eigenvalue weighted by Gasteiger charge is 2.04. The number of halogens is 3. The van der Waals surface area contributed by atoms with Gasteiger partial charge in [0, 0.05) is 26.6 Å². The Kier molecular flexibility index (Phi) is 4.27. The molecular weight excluding hydrogens is 397 g/mol. The van der Waals surface area contributed by atoms with Crippen LogP contribution in [0.5, 0.6) is 0 Å². The zero-order valence-electron chi connectivity index (χ0n) is 11.0. The number of anilines is 1. The highest BCUT2D eigenvalue weighted by Crippen LogP contribution is 2.30. The third-order valence-electron chi connectivity index (χ3n) is 3.28. The van der Waals surface area contributed by atoms with Crippen LogP contribution in [0, 0.1) is 5.82 Å². The van der Waals surface area contributed by atoms with E-state index >= 15 is 0 Å². The number of nitrogens with one attached hydrogen (secondary N) is 1. The predicted octanol–water partition coefficient (Wildman–Crippen LogP) is 6.12. The summed E-state index contributed by atoms with van der Waals surface area (Å²) in [4.78, 5) is 0. The van der Waals surface area contributed by atoms with Crippen molar-refractivity contribution in [3.8, 4) is 0 Å². The fourth-order valence-electron chi connectivity index (χ4n) is 2.33. The molecule has 0 radical (unpaired) electrons. The molecule has 0 atom stereocenters. The van der Waals surface area contributed by atoms with Crippen LogP contribution in [0.4, 0.5) is 10.1 Å². The summed E-state index contributed by atoms with van der Waals surface area (Å²) in [6.45, 7) is 0.571. The maximum absolute atomic E-state index is 13.4. The number of hydrogen-bond acceptors (Lipinski definition) is 1. The molecule has 4 heteroatoms. The van der Waals surface area contributed by atoms with E-state index < -0.39 is 0 Å². The molecule has 21 heavy (non-hydrogen) atoms. The number of rotatable bonds is 3. The van der Waals surface area contributed by atoms with Gasteiger partial charge in [0.25, 0.3) is 0 Å². The Morgan fingerprint density at radius 3 is 2.43 bits per heavy atom. The SMILES string of the molecule is Fc1cc(Br)cc(CNc2ccc(Br)c3ccccc23)c1. The van der Waals surface area contributed by atoms with Gasteiger partial charge in [0.2, 0.25) is 0 Å². The maximum atomic E-state index is 13.4. The molecule has 0 aliphatic rings. The molecule has 1 N–H and O–H groups in total. The Labute approximate surface area is 139 Å². The average Bonchev–Trinajstić information content (AvgIpc) is 2.46. The highest BCUT2D eigenvalue weighted by atomic mass is 79.9. The first-order chi connectivity index (χ1) is 10.1. The van der Waals surface area contributed by atoms with Gasteiger partial charge in [-0.15, -0.1) is 0 Å². The van der Waals surface area contributed by atoms with Gasteiger partial charge in [0.05, 0.1) is 0 Å². The van der Waals surface area contributed by atoms with Gasteiger partial charge < -0.3 is 5.32 Å². The van der Waals surface area contributed by atoms with E-state index in [9.17, 15) is 4.39 Å². The van der Waals surface area contributed by atoms with Crippen LogP contribution in [0.1, 0.15) is 5.56 Å². The zero-order valence-corrected chi connectivity index (χ0v) is 14.2. The third-order valence-corrected chi connectivity index (χ3v) is 4.43. The molecule has 0 amide bonds. The van der Waals surface area contributed by atoms with Crippen LogP contribution in [0.3, 0.4) is 0 Å². The van der Waals surface area contributed by atoms with Gasteiger partial charge >= 0.3 is 0 Å². The maximum Gasteiger partial charge on any atom is 0.124 e. The normalized spacial score (nSPS) is 10.8. The summed E-state index contributed by atoms with van der Waals surface area (Å²) in [5, 5.41) is 5.67. The molecule has 3 aromatic carbocycles. The van der Waals surface area contributed by atoms with Crippen LogP contribution < -0.4 is 5.32 Å². The van der Waals surface area contributed by atoms with Gasteiger partial charge in [-0.1, -0.05) is 56.1 Å². The van der Waals surface area contributed by atoms with Gasteiger partial charge in [0.15, 0.2) is 0 Å². The molecule has 0 spiro atoms. The minimum Gasteiger partial charge on any atom is -0.380 e. The molecule has 1 nitrogen and oxygen atoms in total. The molecule has 0 saturated heterocycles. The van der Waals surface area contributed by atoms with Crippen molar-refractivity contribution in [2.24, 2.45) is 0 Å². The third kappa shape index (κ3) is 3.27. The van der Waals surface area contributed by atoms with Crippen LogP contribution in [0.25, 0.3) is 10.8 Å². The molecule has 3 rings (SSSR count). The van der Waals surface area contributed by atoms with Gasteiger partial charge in [-0.2, -0.15) is 0 Å². The summed E-state index contributed by atoms with van der Waals surface area (Å²) in [6.07, 6.45) is 0. The zero-order chi connectivity index (χ0) is 14.8. The van der Waals surface area contributed by atoms with Crippen LogP contribution in [-0.4, -0.2) is 0 Å². The van der Waals surface area contributed by atoms with Crippen LogP contribution >= 0.6 is 31.9 Å². The fourth-order valence-corrected chi connectivity index (χ4v) is 3.32. The van der Waals surface area contributed by atoms with Crippen molar-refractivity contribution in [1.29, 1.82) is 0 Å². The Balaban J connectivity index is 1.90. The van der Waals surface area contributed by atoms with E-state index in [4.69, 9.17) is 0 Å². The molecule has 3 aromatic rings. The summed E-state index contributed by atoms with van der Waals surface area (Å²) in [7, 11) is 0. The molecular formula is C17H12Br2FN. The molecule has 0 saturated carbocycles. The van der Waals surface area contributed by atoms with E-state index in [1.54, 1.807) is 6.07 Å². The van der Waals surface area contributed by atoms with Crippen LogP contribution in [-0.2, 0) is 6.54 Å². The molecule has 0 heterocycles. The topological polar surface area (TPSA) is 12.0 Å². The summed E-state index contributed by atoms with van der Waals surface area (Å²) >= 11 is 6.88. The lowest BCUT2D eigenvalue weighted by Crippen LogP contribution is -2.00. The van der Waals surface area contributed by atoms with Crippen molar-refractivity contribution in [3.63, 3.8) is 0 Å². The Morgan fingerprint density at radius 2 is 1.67 bits per heavy atom. The number of hydrogen-bond donors (Lipinski definition) is 1. The lowest BCUT2D eigenvalue weighted by Gasteiger charge is -2.11. The Hall–Kier alpha value is -1.39. The van der Waals surface area contributed by atoms with E-state index in [1.165, 1.54) is 6.07 Å². The van der Waals surface area contributed by atoms with Crippen molar-refractivity contribution in [1.82, 2.24) is 0 Å². The number of benzene rings is 3. The van der Waals surface area contributed by atoms with Gasteiger partial charge in [-0.3, -0.25) is 0 Å². The lowest BCUT2D eigenvalue weighted by atomic mass is 10.1. The Morgan fingerprint density at radius 1 is 0.905 bits per heavy atom. The Bertz CT molecular complexity index is 782. The largest absolute Gasteiger partial charge is 0.380 e. The van der Waals surface area contributed by atoms with Crippen molar-refractivity contribution in [2.75, 3.05) is 5.32 Å². The van der Waals surface area contributed by atoms with Gasteiger partial charge in [-0.05, 0) is 41.3 Å². The highest BCUT2D eigenvalue weighted by molar-refractivity contribution is 9.11. The van der Waals surface area contributed by atoms with E-state index in [2.05, 4.69) is 49.3 Å². The first-order valence-corrected chi connectivity index (χ1v) is 8.08. The molecule has 0 unspecified atom stereocenters. The van der Waals surface area contributed by atoms with Crippen LogP contribution in [0.15, 0.2) is 63.5 Å². The van der Waals surface area contributed by atoms with Crippen molar-refractivity contribution >= 4 is 48.3 Å². The molecule has 0 aliphatic carbocycles. The summed E-state index contributed by atoms with van der Waals surface area (Å²) in [5.74, 6) is -0.234. The van der Waals surface area contributed by atoms with Crippen LogP contribution in [0.2, 0.25) is 0 Å². The first-order valence-electron chi connectivity index (χ1n) is 6.49. The second kappa shape index (κ2) is 6.16. The molecule has 0 aromatic heterocycles. The van der Waals surface area contributed by atoms with E-state index in [-0.39, 0.29) is 5.82 Å². The summed E-state index contributed by atoms with van der Waals surface area (Å²) in [6, 6.07) is 17.1. The average molecular weight is 409 g/mol. The van der Waals surface area contributed by atoms with Gasteiger partial charge in [0.1, 0.15) is 5.82 Å². The van der Waals surface area contributed by atoms with Crippen molar-refractivity contribution < 1.29 is 4.39 Å². The summed E-state index contributed by atoms with van der Waals surface area (Å²) in [5.41, 5.74) is 1.93. The predicted molar refractivity (Wildman–Crippen MR) is 93.1 cm³/mol. The molecule has 0 aliphatic heterocycles. The monoisotopic (exact) mass is 407 g/mol. The second-order valence-corrected chi connectivity index (χ2v) is 6.54. The lowest BCUT2D eigenvalue weighted by molar-refractivity contribution is 0.625. The second-order valence-electron chi connectivity index (χ2n) is 4.77. The van der Waals surface area contributed by atoms with E-state index in [1.807, 2.05) is 30.3 Å². The smallest absolute Gasteiger partial charge is 0.124 e. The quantitative estimate of drug-likeness (QED) is 0.550. The van der Waals surface area contributed by atoms with E-state index in [0.717, 1.165) is 31.0 Å². The van der Waals surface area contributed by atoms with E-state index in [0.29, 0.717) is 6.54 Å². The number of fused-ring (bicyclic) bond motifs is 1. The van der Waals surface area contributed by atoms with Crippen molar-refractivity contribution in [3.05, 3.63) is 74.9 Å². The molecule has 0 fully saturated rings. The minimum atomic E-state index is -0.234. The molecule has 106 valence electrons. The first kappa shape index (κ1) is 14.5. The fraction of sp³-hybridized carbons (Fsp3) is 0.0588. The standard InChI is InChI=1S/C17H12Br2FN/c18-12-7-11(8-13(20)9-12)10-21-17-6-5-16(19)14-3-1-2-4-15(14)17/h1-9,21H,10H2. The minimum absolute atomic E-state index is 0.234. The van der Waals surface area contributed by atoms with Crippen molar-refractivity contribution in [2.45, 2.75) is 6.54 Å². The van der Waals surface area contributed by atoms with Gasteiger partial charge in [-0.25, -0.2) is 4.39 Å². The molecule has 0 bridgehead atoms.